The van der Waals surface area contributed by atoms with Gasteiger partial charge in [-0.1, -0.05) is 23.2 Å². The summed E-state index contributed by atoms with van der Waals surface area (Å²) in [6, 6.07) is 12.8. The van der Waals surface area contributed by atoms with Crippen molar-refractivity contribution >= 4 is 50.9 Å². The molecule has 0 spiro atoms. The van der Waals surface area contributed by atoms with Crippen LogP contribution in [0.25, 0.3) is 21.8 Å². The molecule has 35 heavy (non-hydrogen) atoms. The average Bonchev–Trinajstić information content (AvgIpc) is 3.22. The fraction of sp³-hybridized carbons (Fsp3) is 0.0769. The SMILES string of the molecule is N#Cc1cc(C(Cc2cc3c(Cl)c[nH]c3cc2F)NC(=O)c2ccncc2)cc2cc(Cl)cnc12. The number of nitrogens with one attached hydrogen (secondary N) is 2. The summed E-state index contributed by atoms with van der Waals surface area (Å²) >= 11 is 12.4. The van der Waals surface area contributed by atoms with Crippen LogP contribution in [0.2, 0.25) is 10.0 Å². The summed E-state index contributed by atoms with van der Waals surface area (Å²) in [5, 5.41) is 14.9. The van der Waals surface area contributed by atoms with Crippen LogP contribution in [-0.2, 0) is 6.42 Å². The van der Waals surface area contributed by atoms with Crippen molar-refractivity contribution in [3.8, 4) is 6.07 Å². The number of nitriles is 1. The van der Waals surface area contributed by atoms with Crippen LogP contribution >= 0.6 is 23.2 Å². The molecule has 0 bridgehead atoms. The lowest BCUT2D eigenvalue weighted by Gasteiger charge is -2.21. The van der Waals surface area contributed by atoms with Crippen molar-refractivity contribution in [1.82, 2.24) is 20.3 Å². The molecule has 0 saturated carbocycles. The molecule has 2 N–H and O–H groups in total. The number of hydrogen-bond donors (Lipinski definition) is 2. The van der Waals surface area contributed by atoms with Crippen molar-refractivity contribution in [3.05, 3.63) is 105 Å². The molecule has 1 unspecified atom stereocenters. The van der Waals surface area contributed by atoms with Crippen molar-refractivity contribution in [1.29, 1.82) is 5.26 Å². The fourth-order valence-corrected chi connectivity index (χ4v) is 4.44. The third kappa shape index (κ3) is 4.54. The predicted octanol–water partition coefficient (Wildman–Crippen LogP) is 6.14. The maximum atomic E-state index is 15.1. The molecule has 172 valence electrons. The molecule has 0 saturated heterocycles. The highest BCUT2D eigenvalue weighted by Gasteiger charge is 2.21. The van der Waals surface area contributed by atoms with E-state index in [4.69, 9.17) is 23.2 Å². The molecule has 1 amide bonds. The van der Waals surface area contributed by atoms with Gasteiger partial charge in [-0.15, -0.1) is 0 Å². The number of H-pyrrole nitrogens is 1. The smallest absolute Gasteiger partial charge is 0.251 e. The number of aromatic amines is 1. The van der Waals surface area contributed by atoms with E-state index in [1.54, 1.807) is 42.6 Å². The van der Waals surface area contributed by atoms with Crippen LogP contribution in [0.1, 0.15) is 33.1 Å². The molecule has 6 nitrogen and oxygen atoms in total. The highest BCUT2D eigenvalue weighted by Crippen LogP contribution is 2.31. The first-order chi connectivity index (χ1) is 16.9. The zero-order chi connectivity index (χ0) is 24.5. The van der Waals surface area contributed by atoms with Crippen molar-refractivity contribution in [2.75, 3.05) is 0 Å². The molecular formula is C26H16Cl2FN5O. The third-order valence-corrected chi connectivity index (χ3v) is 6.28. The maximum Gasteiger partial charge on any atom is 0.251 e. The van der Waals surface area contributed by atoms with Crippen LogP contribution in [0, 0.1) is 17.1 Å². The summed E-state index contributed by atoms with van der Waals surface area (Å²) < 4.78 is 15.1. The van der Waals surface area contributed by atoms with Gasteiger partial charge in [-0.05, 0) is 60.0 Å². The Morgan fingerprint density at radius 1 is 1.17 bits per heavy atom. The molecule has 1 atom stereocenters. The zero-order valence-electron chi connectivity index (χ0n) is 18.0. The second-order valence-electron chi connectivity index (χ2n) is 8.00. The van der Waals surface area contributed by atoms with Gasteiger partial charge in [0.05, 0.1) is 27.2 Å². The second-order valence-corrected chi connectivity index (χ2v) is 8.84. The summed E-state index contributed by atoms with van der Waals surface area (Å²) in [7, 11) is 0. The van der Waals surface area contributed by atoms with Gasteiger partial charge in [0, 0.05) is 46.6 Å². The van der Waals surface area contributed by atoms with Gasteiger partial charge in [0.2, 0.25) is 0 Å². The monoisotopic (exact) mass is 503 g/mol. The molecule has 5 aromatic rings. The quantitative estimate of drug-likeness (QED) is 0.301. The van der Waals surface area contributed by atoms with E-state index in [9.17, 15) is 10.1 Å². The largest absolute Gasteiger partial charge is 0.360 e. The number of amides is 1. The third-order valence-electron chi connectivity index (χ3n) is 5.77. The minimum absolute atomic E-state index is 0.116. The maximum absolute atomic E-state index is 15.1. The van der Waals surface area contributed by atoms with Crippen LogP contribution in [0.15, 0.2) is 67.3 Å². The molecule has 3 heterocycles. The van der Waals surface area contributed by atoms with Gasteiger partial charge in [0.25, 0.3) is 5.91 Å². The van der Waals surface area contributed by atoms with Gasteiger partial charge in [-0.2, -0.15) is 5.26 Å². The van der Waals surface area contributed by atoms with Gasteiger partial charge < -0.3 is 10.3 Å². The van der Waals surface area contributed by atoms with Crippen molar-refractivity contribution in [2.45, 2.75) is 12.5 Å². The molecule has 2 aromatic carbocycles. The van der Waals surface area contributed by atoms with Crippen LogP contribution in [0.5, 0.6) is 0 Å². The highest BCUT2D eigenvalue weighted by molar-refractivity contribution is 6.35. The Balaban J connectivity index is 1.61. The normalized spacial score (nSPS) is 11.9. The molecule has 5 rings (SSSR count). The van der Waals surface area contributed by atoms with Crippen molar-refractivity contribution in [3.63, 3.8) is 0 Å². The first-order valence-electron chi connectivity index (χ1n) is 10.6. The van der Waals surface area contributed by atoms with Gasteiger partial charge in [-0.25, -0.2) is 4.39 Å². The average molecular weight is 504 g/mol. The Hall–Kier alpha value is -3.99. The van der Waals surface area contributed by atoms with E-state index in [2.05, 4.69) is 26.3 Å². The van der Waals surface area contributed by atoms with E-state index in [1.165, 1.54) is 24.7 Å². The van der Waals surface area contributed by atoms with Gasteiger partial charge in [0.15, 0.2) is 0 Å². The molecule has 0 radical (unpaired) electrons. The fourth-order valence-electron chi connectivity index (χ4n) is 4.06. The molecule has 0 fully saturated rings. The number of carbonyl (C=O) groups is 1. The molecule has 0 aliphatic heterocycles. The van der Waals surface area contributed by atoms with E-state index in [0.29, 0.717) is 54.1 Å². The number of aromatic nitrogens is 3. The first kappa shape index (κ1) is 22.8. The summed E-state index contributed by atoms with van der Waals surface area (Å²) in [5.41, 5.74) is 2.77. The van der Waals surface area contributed by atoms with Crippen LogP contribution in [-0.4, -0.2) is 20.9 Å². The molecule has 0 aliphatic rings. The molecule has 9 heteroatoms. The number of pyridine rings is 2. The van der Waals surface area contributed by atoms with Crippen LogP contribution in [0.4, 0.5) is 4.39 Å². The lowest BCUT2D eigenvalue weighted by molar-refractivity contribution is 0.0936. The topological polar surface area (TPSA) is 94.5 Å². The van der Waals surface area contributed by atoms with Crippen molar-refractivity contribution < 1.29 is 9.18 Å². The number of rotatable bonds is 5. The predicted molar refractivity (Wildman–Crippen MR) is 133 cm³/mol. The Morgan fingerprint density at radius 3 is 2.74 bits per heavy atom. The van der Waals surface area contributed by atoms with Crippen LogP contribution in [0.3, 0.4) is 0 Å². The number of nitrogens with zero attached hydrogens (tertiary/aromatic N) is 3. The minimum atomic E-state index is -0.671. The standard InChI is InChI=1S/C26H16Cl2FN5O/c27-19-7-17-5-16(6-18(11-30)25(17)33-12-19)23(34-26(35)14-1-3-31-4-2-14)9-15-8-20-21(28)13-32-24(20)10-22(15)29/h1-8,10,12-13,23,32H,9H2,(H,34,35). The number of carbonyl (C=O) groups excluding carboxylic acids is 1. The van der Waals surface area contributed by atoms with Crippen LogP contribution < -0.4 is 5.32 Å². The summed E-state index contributed by atoms with van der Waals surface area (Å²) in [4.78, 5) is 24.2. The Bertz CT molecular complexity index is 1630. The second kappa shape index (κ2) is 9.34. The van der Waals surface area contributed by atoms with E-state index >= 15 is 4.39 Å². The molecule has 0 aliphatic carbocycles. The zero-order valence-corrected chi connectivity index (χ0v) is 19.5. The highest BCUT2D eigenvalue weighted by atomic mass is 35.5. The van der Waals surface area contributed by atoms with Gasteiger partial charge in [0.1, 0.15) is 11.9 Å². The summed E-state index contributed by atoms with van der Waals surface area (Å²) in [5.74, 6) is -0.799. The molecule has 3 aromatic heterocycles. The molecular weight excluding hydrogens is 488 g/mol. The Labute approximate surface area is 209 Å². The van der Waals surface area contributed by atoms with E-state index in [0.717, 1.165) is 0 Å². The van der Waals surface area contributed by atoms with Gasteiger partial charge >= 0.3 is 0 Å². The van der Waals surface area contributed by atoms with Gasteiger partial charge in [-0.3, -0.25) is 14.8 Å². The number of halogens is 3. The first-order valence-corrected chi connectivity index (χ1v) is 11.3. The lowest BCUT2D eigenvalue weighted by atomic mass is 9.94. The Kier molecular flexibility index (Phi) is 6.08. The number of hydrogen-bond acceptors (Lipinski definition) is 4. The number of fused-ring (bicyclic) bond motifs is 2. The summed E-state index contributed by atoms with van der Waals surface area (Å²) in [6.07, 6.45) is 6.21. The lowest BCUT2D eigenvalue weighted by Crippen LogP contribution is -2.30. The van der Waals surface area contributed by atoms with E-state index in [1.807, 2.05) is 0 Å². The minimum Gasteiger partial charge on any atom is -0.360 e. The Morgan fingerprint density at radius 2 is 1.97 bits per heavy atom. The summed E-state index contributed by atoms with van der Waals surface area (Å²) in [6.45, 7) is 0. The van der Waals surface area contributed by atoms with E-state index < -0.39 is 11.9 Å². The number of benzene rings is 2. The van der Waals surface area contributed by atoms with Crippen molar-refractivity contribution in [2.24, 2.45) is 0 Å². The van der Waals surface area contributed by atoms with E-state index in [-0.39, 0.29) is 12.3 Å².